The summed E-state index contributed by atoms with van der Waals surface area (Å²) in [5.41, 5.74) is 2.06. The van der Waals surface area contributed by atoms with E-state index < -0.39 is 0 Å². The quantitative estimate of drug-likeness (QED) is 0.717. The average molecular weight is 304 g/mol. The van der Waals surface area contributed by atoms with Crippen LogP contribution in [-0.4, -0.2) is 7.11 Å². The number of methoxy groups -OCH3 is 1. The highest BCUT2D eigenvalue weighted by molar-refractivity contribution is 7.17. The molecule has 0 atom stereocenters. The maximum absolute atomic E-state index is 6.23. The number of hydrogen-bond donors (Lipinski definition) is 1. The van der Waals surface area contributed by atoms with Crippen molar-refractivity contribution in [2.75, 3.05) is 12.4 Å². The summed E-state index contributed by atoms with van der Waals surface area (Å²) in [6.07, 6.45) is 0. The molecule has 3 aromatic rings. The van der Waals surface area contributed by atoms with E-state index in [0.717, 1.165) is 17.0 Å². The van der Waals surface area contributed by atoms with Gasteiger partial charge >= 0.3 is 0 Å². The standard InChI is InChI=1S/C16H14ClNOS/c1-19-15-4-2-3-14(17)13(15)10-18-12-5-6-16-11(9-12)7-8-20-16/h2-9,18H,10H2,1H3. The zero-order valence-electron chi connectivity index (χ0n) is 11.0. The maximum atomic E-state index is 6.23. The summed E-state index contributed by atoms with van der Waals surface area (Å²) in [7, 11) is 1.66. The minimum Gasteiger partial charge on any atom is -0.496 e. The van der Waals surface area contributed by atoms with E-state index in [4.69, 9.17) is 16.3 Å². The lowest BCUT2D eigenvalue weighted by Crippen LogP contribution is -2.02. The number of nitrogens with one attached hydrogen (secondary N) is 1. The van der Waals surface area contributed by atoms with Gasteiger partial charge in [-0.2, -0.15) is 0 Å². The molecule has 1 aromatic heterocycles. The highest BCUT2D eigenvalue weighted by Crippen LogP contribution is 2.28. The van der Waals surface area contributed by atoms with Crippen LogP contribution < -0.4 is 10.1 Å². The third-order valence-corrected chi connectivity index (χ3v) is 4.47. The Balaban J connectivity index is 1.82. The van der Waals surface area contributed by atoms with Gasteiger partial charge in [0.2, 0.25) is 0 Å². The summed E-state index contributed by atoms with van der Waals surface area (Å²) in [5.74, 6) is 0.807. The molecule has 0 unspecified atom stereocenters. The van der Waals surface area contributed by atoms with Crippen LogP contribution in [0.3, 0.4) is 0 Å². The van der Waals surface area contributed by atoms with E-state index >= 15 is 0 Å². The van der Waals surface area contributed by atoms with E-state index in [9.17, 15) is 0 Å². The van der Waals surface area contributed by atoms with Crippen molar-refractivity contribution in [3.63, 3.8) is 0 Å². The van der Waals surface area contributed by atoms with Gasteiger partial charge in [0.1, 0.15) is 5.75 Å². The van der Waals surface area contributed by atoms with E-state index in [0.29, 0.717) is 11.6 Å². The lowest BCUT2D eigenvalue weighted by molar-refractivity contribution is 0.410. The number of ether oxygens (including phenoxy) is 1. The Bertz CT molecular complexity index is 738. The van der Waals surface area contributed by atoms with Crippen LogP contribution in [0.1, 0.15) is 5.56 Å². The van der Waals surface area contributed by atoms with E-state index in [1.807, 2.05) is 18.2 Å². The number of anilines is 1. The van der Waals surface area contributed by atoms with E-state index in [1.54, 1.807) is 18.4 Å². The van der Waals surface area contributed by atoms with Gasteiger partial charge in [0.05, 0.1) is 7.11 Å². The highest BCUT2D eigenvalue weighted by Gasteiger charge is 2.07. The number of thiophene rings is 1. The lowest BCUT2D eigenvalue weighted by atomic mass is 10.2. The normalized spacial score (nSPS) is 10.7. The van der Waals surface area contributed by atoms with Gasteiger partial charge in [-0.1, -0.05) is 17.7 Å². The highest BCUT2D eigenvalue weighted by atomic mass is 35.5. The second kappa shape index (κ2) is 5.73. The van der Waals surface area contributed by atoms with Gasteiger partial charge in [0.25, 0.3) is 0 Å². The Morgan fingerprint density at radius 3 is 2.95 bits per heavy atom. The van der Waals surface area contributed by atoms with Crippen LogP contribution in [0.15, 0.2) is 47.8 Å². The SMILES string of the molecule is COc1cccc(Cl)c1CNc1ccc2sccc2c1. The van der Waals surface area contributed by atoms with Gasteiger partial charge in [0, 0.05) is 27.5 Å². The molecule has 0 saturated heterocycles. The molecule has 1 N–H and O–H groups in total. The van der Waals surface area contributed by atoms with E-state index in [1.165, 1.54) is 10.1 Å². The molecular weight excluding hydrogens is 290 g/mol. The lowest BCUT2D eigenvalue weighted by Gasteiger charge is -2.12. The zero-order valence-corrected chi connectivity index (χ0v) is 12.6. The maximum Gasteiger partial charge on any atom is 0.125 e. The molecule has 0 aliphatic carbocycles. The molecule has 1 heterocycles. The Hall–Kier alpha value is -1.71. The van der Waals surface area contributed by atoms with Gasteiger partial charge in [-0.25, -0.2) is 0 Å². The van der Waals surface area contributed by atoms with E-state index in [-0.39, 0.29) is 0 Å². The number of benzene rings is 2. The van der Waals surface area contributed by atoms with Gasteiger partial charge in [-0.3, -0.25) is 0 Å². The van der Waals surface area contributed by atoms with E-state index in [2.05, 4.69) is 35.0 Å². The predicted molar refractivity (Wildman–Crippen MR) is 87.2 cm³/mol. The summed E-state index contributed by atoms with van der Waals surface area (Å²) in [6, 6.07) is 14.2. The summed E-state index contributed by atoms with van der Waals surface area (Å²) < 4.78 is 6.65. The number of fused-ring (bicyclic) bond motifs is 1. The molecular formula is C16H14ClNOS. The van der Waals surface area contributed by atoms with Crippen molar-refractivity contribution in [1.82, 2.24) is 0 Å². The summed E-state index contributed by atoms with van der Waals surface area (Å²) in [4.78, 5) is 0. The monoisotopic (exact) mass is 303 g/mol. The largest absolute Gasteiger partial charge is 0.496 e. The first-order valence-electron chi connectivity index (χ1n) is 6.30. The van der Waals surface area contributed by atoms with Crippen LogP contribution in [0.25, 0.3) is 10.1 Å². The first-order valence-corrected chi connectivity index (χ1v) is 7.56. The van der Waals surface area contributed by atoms with Crippen molar-refractivity contribution in [2.24, 2.45) is 0 Å². The van der Waals surface area contributed by atoms with Crippen molar-refractivity contribution < 1.29 is 4.74 Å². The van der Waals surface area contributed by atoms with Crippen LogP contribution in [0, 0.1) is 0 Å². The molecule has 102 valence electrons. The molecule has 20 heavy (non-hydrogen) atoms. The van der Waals surface area contributed by atoms with Crippen LogP contribution >= 0.6 is 22.9 Å². The third kappa shape index (κ3) is 2.60. The Kier molecular flexibility index (Phi) is 3.81. The summed E-state index contributed by atoms with van der Waals surface area (Å²) in [6.45, 7) is 0.637. The minimum absolute atomic E-state index is 0.637. The Morgan fingerprint density at radius 1 is 1.20 bits per heavy atom. The smallest absolute Gasteiger partial charge is 0.125 e. The summed E-state index contributed by atoms with van der Waals surface area (Å²) in [5, 5.41) is 7.47. The minimum atomic E-state index is 0.637. The molecule has 0 aliphatic rings. The first kappa shape index (κ1) is 13.3. The van der Waals surface area contributed by atoms with Crippen molar-refractivity contribution in [3.8, 4) is 5.75 Å². The van der Waals surface area contributed by atoms with Crippen molar-refractivity contribution in [3.05, 3.63) is 58.4 Å². The first-order chi connectivity index (χ1) is 9.78. The molecule has 0 aliphatic heterocycles. The third-order valence-electron chi connectivity index (χ3n) is 3.22. The summed E-state index contributed by atoms with van der Waals surface area (Å²) >= 11 is 7.98. The molecule has 0 spiro atoms. The van der Waals surface area contributed by atoms with Crippen LogP contribution in [-0.2, 0) is 6.54 Å². The molecule has 3 rings (SSSR count). The van der Waals surface area contributed by atoms with Gasteiger partial charge in [-0.05, 0) is 47.2 Å². The zero-order chi connectivity index (χ0) is 13.9. The average Bonchev–Trinajstić information content (AvgIpc) is 2.93. The molecule has 0 bridgehead atoms. The number of rotatable bonds is 4. The second-order valence-electron chi connectivity index (χ2n) is 4.45. The van der Waals surface area contributed by atoms with Gasteiger partial charge < -0.3 is 10.1 Å². The molecule has 0 radical (unpaired) electrons. The van der Waals surface area contributed by atoms with Crippen LogP contribution in [0.2, 0.25) is 5.02 Å². The van der Waals surface area contributed by atoms with Gasteiger partial charge in [0.15, 0.2) is 0 Å². The predicted octanol–water partition coefficient (Wildman–Crippen LogP) is 5.18. The van der Waals surface area contributed by atoms with Crippen molar-refractivity contribution in [2.45, 2.75) is 6.54 Å². The Labute approximate surface area is 127 Å². The van der Waals surface area contributed by atoms with Crippen LogP contribution in [0.5, 0.6) is 5.75 Å². The molecule has 0 saturated carbocycles. The molecule has 0 fully saturated rings. The second-order valence-corrected chi connectivity index (χ2v) is 5.80. The number of hydrogen-bond acceptors (Lipinski definition) is 3. The fourth-order valence-electron chi connectivity index (χ4n) is 2.17. The fraction of sp³-hybridized carbons (Fsp3) is 0.125. The topological polar surface area (TPSA) is 21.3 Å². The van der Waals surface area contributed by atoms with Crippen molar-refractivity contribution >= 4 is 38.7 Å². The molecule has 2 nitrogen and oxygen atoms in total. The van der Waals surface area contributed by atoms with Gasteiger partial charge in [-0.15, -0.1) is 11.3 Å². The number of halogens is 1. The molecule has 4 heteroatoms. The van der Waals surface area contributed by atoms with Crippen LogP contribution in [0.4, 0.5) is 5.69 Å². The van der Waals surface area contributed by atoms with Crippen molar-refractivity contribution in [1.29, 1.82) is 0 Å². The fourth-order valence-corrected chi connectivity index (χ4v) is 3.17. The Morgan fingerprint density at radius 2 is 2.10 bits per heavy atom. The molecule has 2 aromatic carbocycles. The molecule has 0 amide bonds.